The summed E-state index contributed by atoms with van der Waals surface area (Å²) in [7, 11) is 0. The number of carbonyl (C=O) groups is 1. The number of ether oxygens (including phenoxy) is 1. The lowest BCUT2D eigenvalue weighted by Crippen LogP contribution is -2.53. The molecule has 1 amide bonds. The molecule has 1 rings (SSSR count). The number of carbonyl (C=O) groups excluding carboxylic acids is 1. The molecule has 118 valence electrons. The van der Waals surface area contributed by atoms with E-state index in [-0.39, 0.29) is 11.6 Å². The average molecular weight is 284 g/mol. The van der Waals surface area contributed by atoms with Crippen molar-refractivity contribution in [3.8, 4) is 0 Å². The SMILES string of the molecule is CC1CCC(NCC(C)(C)NC(=O)OC(C)(C)C)CC1. The van der Waals surface area contributed by atoms with Crippen molar-refractivity contribution in [2.75, 3.05) is 6.54 Å². The van der Waals surface area contributed by atoms with Crippen molar-refractivity contribution in [3.63, 3.8) is 0 Å². The molecule has 0 radical (unpaired) electrons. The Balaban J connectivity index is 2.32. The minimum absolute atomic E-state index is 0.300. The normalized spacial score (nSPS) is 24.3. The fraction of sp³-hybridized carbons (Fsp3) is 0.938. The van der Waals surface area contributed by atoms with Crippen LogP contribution in [0.3, 0.4) is 0 Å². The topological polar surface area (TPSA) is 50.4 Å². The van der Waals surface area contributed by atoms with E-state index >= 15 is 0 Å². The number of nitrogens with one attached hydrogen (secondary N) is 2. The largest absolute Gasteiger partial charge is 0.444 e. The molecule has 0 aromatic heterocycles. The Morgan fingerprint density at radius 3 is 2.15 bits per heavy atom. The van der Waals surface area contributed by atoms with E-state index in [1.807, 2.05) is 34.6 Å². The zero-order valence-electron chi connectivity index (χ0n) is 14.0. The highest BCUT2D eigenvalue weighted by molar-refractivity contribution is 5.68. The molecule has 0 aromatic carbocycles. The van der Waals surface area contributed by atoms with Gasteiger partial charge in [-0.2, -0.15) is 0 Å². The number of hydrogen-bond acceptors (Lipinski definition) is 3. The molecule has 1 fully saturated rings. The fourth-order valence-electron chi connectivity index (χ4n) is 2.49. The first kappa shape index (κ1) is 17.3. The van der Waals surface area contributed by atoms with Crippen molar-refractivity contribution in [1.82, 2.24) is 10.6 Å². The zero-order chi connectivity index (χ0) is 15.4. The van der Waals surface area contributed by atoms with Crippen LogP contribution in [0.2, 0.25) is 0 Å². The Hall–Kier alpha value is -0.770. The number of hydrogen-bond donors (Lipinski definition) is 2. The summed E-state index contributed by atoms with van der Waals surface area (Å²) in [4.78, 5) is 11.8. The molecule has 0 spiro atoms. The highest BCUT2D eigenvalue weighted by atomic mass is 16.6. The first-order chi connectivity index (χ1) is 9.07. The van der Waals surface area contributed by atoms with E-state index in [0.717, 1.165) is 12.5 Å². The van der Waals surface area contributed by atoms with E-state index in [1.54, 1.807) is 0 Å². The van der Waals surface area contributed by atoms with Gasteiger partial charge in [0.15, 0.2) is 0 Å². The molecule has 0 unspecified atom stereocenters. The lowest BCUT2D eigenvalue weighted by molar-refractivity contribution is 0.0469. The van der Waals surface area contributed by atoms with Gasteiger partial charge in [-0.15, -0.1) is 0 Å². The Kier molecular flexibility index (Phi) is 5.87. The van der Waals surface area contributed by atoms with Crippen LogP contribution in [-0.4, -0.2) is 29.8 Å². The molecule has 0 heterocycles. The molecule has 1 aliphatic carbocycles. The van der Waals surface area contributed by atoms with Crippen molar-refractivity contribution < 1.29 is 9.53 Å². The monoisotopic (exact) mass is 284 g/mol. The molecule has 4 heteroatoms. The van der Waals surface area contributed by atoms with Gasteiger partial charge in [0.25, 0.3) is 0 Å². The Morgan fingerprint density at radius 2 is 1.65 bits per heavy atom. The van der Waals surface area contributed by atoms with Gasteiger partial charge in [0.05, 0.1) is 5.54 Å². The second-order valence-electron chi connectivity index (χ2n) is 7.85. The lowest BCUT2D eigenvalue weighted by Gasteiger charge is -2.33. The summed E-state index contributed by atoms with van der Waals surface area (Å²) in [6.45, 7) is 12.8. The summed E-state index contributed by atoms with van der Waals surface area (Å²) in [5, 5.41) is 6.52. The van der Waals surface area contributed by atoms with Gasteiger partial charge in [0, 0.05) is 12.6 Å². The Morgan fingerprint density at radius 1 is 1.10 bits per heavy atom. The maximum Gasteiger partial charge on any atom is 0.408 e. The second-order valence-corrected chi connectivity index (χ2v) is 7.85. The van der Waals surface area contributed by atoms with Crippen LogP contribution in [0.4, 0.5) is 4.79 Å². The zero-order valence-corrected chi connectivity index (χ0v) is 14.0. The molecule has 20 heavy (non-hydrogen) atoms. The molecule has 2 N–H and O–H groups in total. The van der Waals surface area contributed by atoms with E-state index in [4.69, 9.17) is 4.74 Å². The van der Waals surface area contributed by atoms with E-state index in [1.165, 1.54) is 25.7 Å². The molecule has 0 bridgehead atoms. The maximum atomic E-state index is 11.8. The maximum absolute atomic E-state index is 11.8. The van der Waals surface area contributed by atoms with Crippen LogP contribution in [0.25, 0.3) is 0 Å². The summed E-state index contributed by atoms with van der Waals surface area (Å²) >= 11 is 0. The van der Waals surface area contributed by atoms with Crippen molar-refractivity contribution in [2.24, 2.45) is 5.92 Å². The predicted octanol–water partition coefficient (Wildman–Crippen LogP) is 3.46. The van der Waals surface area contributed by atoms with Gasteiger partial charge >= 0.3 is 6.09 Å². The third kappa shape index (κ3) is 7.13. The van der Waals surface area contributed by atoms with Crippen molar-refractivity contribution in [2.45, 2.75) is 84.4 Å². The number of alkyl carbamates (subject to hydrolysis) is 1. The van der Waals surface area contributed by atoms with Crippen LogP contribution in [-0.2, 0) is 4.74 Å². The molecular weight excluding hydrogens is 252 g/mol. The molecular formula is C16H32N2O2. The summed E-state index contributed by atoms with van der Waals surface area (Å²) in [6.07, 6.45) is 4.74. The van der Waals surface area contributed by atoms with Crippen LogP contribution in [0, 0.1) is 5.92 Å². The summed E-state index contributed by atoms with van der Waals surface area (Å²) in [5.74, 6) is 0.862. The Bertz CT molecular complexity index is 313. The molecule has 1 aliphatic rings. The molecule has 1 saturated carbocycles. The van der Waals surface area contributed by atoms with Crippen LogP contribution in [0.15, 0.2) is 0 Å². The second kappa shape index (κ2) is 6.79. The van der Waals surface area contributed by atoms with Gasteiger partial charge < -0.3 is 15.4 Å². The van der Waals surface area contributed by atoms with Gasteiger partial charge in [-0.1, -0.05) is 6.92 Å². The third-order valence-electron chi connectivity index (χ3n) is 3.69. The molecule has 0 saturated heterocycles. The van der Waals surface area contributed by atoms with Gasteiger partial charge in [-0.3, -0.25) is 0 Å². The lowest BCUT2D eigenvalue weighted by atomic mass is 9.87. The minimum atomic E-state index is -0.451. The molecule has 4 nitrogen and oxygen atoms in total. The highest BCUT2D eigenvalue weighted by Gasteiger charge is 2.26. The van der Waals surface area contributed by atoms with E-state index in [9.17, 15) is 4.79 Å². The average Bonchev–Trinajstić information content (AvgIpc) is 2.24. The third-order valence-corrected chi connectivity index (χ3v) is 3.69. The van der Waals surface area contributed by atoms with Crippen LogP contribution in [0.1, 0.15) is 67.2 Å². The van der Waals surface area contributed by atoms with Crippen molar-refractivity contribution in [1.29, 1.82) is 0 Å². The Labute approximate surface area is 124 Å². The van der Waals surface area contributed by atoms with Gasteiger partial charge in [-0.05, 0) is 66.2 Å². The molecule has 0 aromatic rings. The van der Waals surface area contributed by atoms with Gasteiger partial charge in [0.2, 0.25) is 0 Å². The van der Waals surface area contributed by atoms with Crippen LogP contribution < -0.4 is 10.6 Å². The van der Waals surface area contributed by atoms with Gasteiger partial charge in [-0.25, -0.2) is 4.79 Å². The van der Waals surface area contributed by atoms with E-state index in [2.05, 4.69) is 17.6 Å². The first-order valence-electron chi connectivity index (χ1n) is 7.82. The quantitative estimate of drug-likeness (QED) is 0.831. The van der Waals surface area contributed by atoms with E-state index in [0.29, 0.717) is 6.04 Å². The van der Waals surface area contributed by atoms with Crippen molar-refractivity contribution in [3.05, 3.63) is 0 Å². The summed E-state index contributed by atoms with van der Waals surface area (Å²) in [5.41, 5.74) is -0.751. The highest BCUT2D eigenvalue weighted by Crippen LogP contribution is 2.23. The molecule has 0 aliphatic heterocycles. The van der Waals surface area contributed by atoms with E-state index < -0.39 is 5.60 Å². The number of amides is 1. The van der Waals surface area contributed by atoms with Crippen molar-refractivity contribution >= 4 is 6.09 Å². The van der Waals surface area contributed by atoms with Crippen LogP contribution >= 0.6 is 0 Å². The minimum Gasteiger partial charge on any atom is -0.444 e. The molecule has 0 atom stereocenters. The van der Waals surface area contributed by atoms with Gasteiger partial charge in [0.1, 0.15) is 5.60 Å². The number of rotatable bonds is 4. The fourth-order valence-corrected chi connectivity index (χ4v) is 2.49. The standard InChI is InChI=1S/C16H32N2O2/c1-12-7-9-13(10-8-12)17-11-16(5,6)18-14(19)20-15(2,3)4/h12-13,17H,7-11H2,1-6H3,(H,18,19). The predicted molar refractivity (Wildman–Crippen MR) is 82.9 cm³/mol. The first-order valence-corrected chi connectivity index (χ1v) is 7.82. The summed E-state index contributed by atoms with van der Waals surface area (Å²) < 4.78 is 5.30. The van der Waals surface area contributed by atoms with Crippen LogP contribution in [0.5, 0.6) is 0 Å². The summed E-state index contributed by atoms with van der Waals surface area (Å²) in [6, 6.07) is 0.589. The smallest absolute Gasteiger partial charge is 0.408 e.